The van der Waals surface area contributed by atoms with Crippen molar-refractivity contribution in [1.82, 2.24) is 0 Å². The highest BCUT2D eigenvalue weighted by Gasteiger charge is 2.32. The molecule has 0 bridgehead atoms. The van der Waals surface area contributed by atoms with Gasteiger partial charge in [0.25, 0.3) is 0 Å². The van der Waals surface area contributed by atoms with Gasteiger partial charge in [-0.05, 0) is 13.8 Å². The van der Waals surface area contributed by atoms with E-state index in [0.29, 0.717) is 0 Å². The molecule has 0 aromatic carbocycles. The van der Waals surface area contributed by atoms with E-state index in [9.17, 15) is 13.2 Å². The van der Waals surface area contributed by atoms with Crippen LogP contribution in [0.5, 0.6) is 0 Å². The molecule has 1 N–H and O–H groups in total. The molecule has 0 aliphatic carbocycles. The monoisotopic (exact) mass is 184 g/mol. The molecule has 0 unspecified atom stereocenters. The molecule has 2 nitrogen and oxygen atoms in total. The number of aliphatic hydroxyl groups excluding tert-OH is 1. The van der Waals surface area contributed by atoms with Crippen LogP contribution in [0.3, 0.4) is 0 Å². The zero-order valence-electron chi connectivity index (χ0n) is 6.90. The first-order valence-electron chi connectivity index (χ1n) is 3.43. The second kappa shape index (κ2) is 4.35. The number of ether oxygens (including phenoxy) is 1. The van der Waals surface area contributed by atoms with Gasteiger partial charge in [-0.1, -0.05) is 0 Å². The summed E-state index contributed by atoms with van der Waals surface area (Å²) in [6.45, 7) is 2.33. The normalized spacial score (nSPS) is 14.4. The summed E-state index contributed by atoms with van der Waals surface area (Å²) in [7, 11) is 0. The average molecular weight is 184 g/mol. The molecule has 0 radical (unpaired) electrons. The minimum atomic E-state index is -4.47. The Labute approximate surface area is 68.6 Å². The molecule has 0 heterocycles. The lowest BCUT2D eigenvalue weighted by molar-refractivity contribution is -0.0951. The van der Waals surface area contributed by atoms with Crippen molar-refractivity contribution in [2.75, 3.05) is 13.2 Å². The van der Waals surface area contributed by atoms with Gasteiger partial charge < -0.3 is 9.84 Å². The number of allylic oxidation sites excluding steroid dienone is 1. The number of rotatable bonds is 3. The standard InChI is InChI=1S/C7H11F3O2/c1-3-12-4-6(11)5(2)7(8,9)10/h11H,3-4H2,1-2H3. The summed E-state index contributed by atoms with van der Waals surface area (Å²) in [4.78, 5) is 0. The molecule has 0 amide bonds. The van der Waals surface area contributed by atoms with Crippen LogP contribution in [0, 0.1) is 0 Å². The summed E-state index contributed by atoms with van der Waals surface area (Å²) in [6.07, 6.45) is -4.47. The van der Waals surface area contributed by atoms with Gasteiger partial charge >= 0.3 is 6.18 Å². The van der Waals surface area contributed by atoms with Crippen molar-refractivity contribution in [3.8, 4) is 0 Å². The largest absolute Gasteiger partial charge is 0.510 e. The Hall–Kier alpha value is -0.710. The lowest BCUT2D eigenvalue weighted by Gasteiger charge is -2.09. The van der Waals surface area contributed by atoms with E-state index in [1.54, 1.807) is 6.92 Å². The minimum Gasteiger partial charge on any atom is -0.510 e. The second-order valence-electron chi connectivity index (χ2n) is 2.21. The highest BCUT2D eigenvalue weighted by Crippen LogP contribution is 2.26. The van der Waals surface area contributed by atoms with Crippen LogP contribution >= 0.6 is 0 Å². The quantitative estimate of drug-likeness (QED) is 0.682. The first-order valence-corrected chi connectivity index (χ1v) is 3.43. The molecular weight excluding hydrogens is 173 g/mol. The Morgan fingerprint density at radius 3 is 2.25 bits per heavy atom. The zero-order chi connectivity index (χ0) is 9.78. The van der Waals surface area contributed by atoms with Crippen molar-refractivity contribution < 1.29 is 23.0 Å². The topological polar surface area (TPSA) is 29.5 Å². The van der Waals surface area contributed by atoms with Crippen molar-refractivity contribution in [3.63, 3.8) is 0 Å². The molecule has 0 aliphatic heterocycles. The molecule has 0 rings (SSSR count). The Kier molecular flexibility index (Phi) is 4.09. The summed E-state index contributed by atoms with van der Waals surface area (Å²) in [5, 5.41) is 8.82. The van der Waals surface area contributed by atoms with Gasteiger partial charge in [0.15, 0.2) is 0 Å². The smallest absolute Gasteiger partial charge is 0.415 e. The van der Waals surface area contributed by atoms with Gasteiger partial charge in [-0.2, -0.15) is 13.2 Å². The molecule has 0 aromatic rings. The molecule has 0 aromatic heterocycles. The maximum atomic E-state index is 11.9. The van der Waals surface area contributed by atoms with E-state index in [1.807, 2.05) is 0 Å². The zero-order valence-corrected chi connectivity index (χ0v) is 6.90. The lowest BCUT2D eigenvalue weighted by Crippen LogP contribution is -2.14. The van der Waals surface area contributed by atoms with E-state index < -0.39 is 17.5 Å². The Morgan fingerprint density at radius 1 is 1.42 bits per heavy atom. The van der Waals surface area contributed by atoms with E-state index in [1.165, 1.54) is 0 Å². The summed E-state index contributed by atoms with van der Waals surface area (Å²) < 4.78 is 40.2. The van der Waals surface area contributed by atoms with Crippen LogP contribution in [0.4, 0.5) is 13.2 Å². The fourth-order valence-electron chi connectivity index (χ4n) is 0.471. The van der Waals surface area contributed by atoms with Crippen molar-refractivity contribution in [2.45, 2.75) is 20.0 Å². The molecule has 72 valence electrons. The van der Waals surface area contributed by atoms with Crippen LogP contribution in [-0.2, 0) is 4.74 Å². The van der Waals surface area contributed by atoms with E-state index in [0.717, 1.165) is 6.92 Å². The Balaban J connectivity index is 4.26. The van der Waals surface area contributed by atoms with Crippen molar-refractivity contribution in [2.24, 2.45) is 0 Å². The van der Waals surface area contributed by atoms with Crippen LogP contribution in [0.15, 0.2) is 11.3 Å². The third kappa shape index (κ3) is 3.61. The van der Waals surface area contributed by atoms with Gasteiger partial charge in [-0.3, -0.25) is 0 Å². The summed E-state index contributed by atoms with van der Waals surface area (Å²) in [5.41, 5.74) is -1.00. The number of hydrogen-bond donors (Lipinski definition) is 1. The van der Waals surface area contributed by atoms with E-state index >= 15 is 0 Å². The molecule has 12 heavy (non-hydrogen) atoms. The van der Waals surface area contributed by atoms with Crippen molar-refractivity contribution in [1.29, 1.82) is 0 Å². The minimum absolute atomic E-state index is 0.273. The molecule has 0 saturated carbocycles. The lowest BCUT2D eigenvalue weighted by atomic mass is 10.2. The molecule has 5 heteroatoms. The third-order valence-electron chi connectivity index (χ3n) is 1.30. The van der Waals surface area contributed by atoms with Crippen molar-refractivity contribution in [3.05, 3.63) is 11.3 Å². The van der Waals surface area contributed by atoms with Crippen LogP contribution in [0.25, 0.3) is 0 Å². The highest BCUT2D eigenvalue weighted by atomic mass is 19.4. The number of aliphatic hydroxyl groups is 1. The van der Waals surface area contributed by atoms with E-state index in [-0.39, 0.29) is 13.2 Å². The first kappa shape index (κ1) is 11.3. The maximum Gasteiger partial charge on any atom is 0.415 e. The van der Waals surface area contributed by atoms with Crippen LogP contribution in [-0.4, -0.2) is 24.5 Å². The van der Waals surface area contributed by atoms with Gasteiger partial charge in [0, 0.05) is 6.61 Å². The van der Waals surface area contributed by atoms with Crippen molar-refractivity contribution >= 4 is 0 Å². The van der Waals surface area contributed by atoms with E-state index in [4.69, 9.17) is 5.11 Å². The third-order valence-corrected chi connectivity index (χ3v) is 1.30. The maximum absolute atomic E-state index is 11.9. The number of halogens is 3. The molecule has 0 fully saturated rings. The first-order chi connectivity index (χ1) is 5.39. The molecule has 0 aliphatic rings. The fraction of sp³-hybridized carbons (Fsp3) is 0.714. The van der Waals surface area contributed by atoms with Gasteiger partial charge in [0.05, 0.1) is 5.57 Å². The number of alkyl halides is 3. The van der Waals surface area contributed by atoms with Crippen LogP contribution < -0.4 is 0 Å². The Morgan fingerprint density at radius 2 is 1.92 bits per heavy atom. The predicted molar refractivity (Wildman–Crippen MR) is 37.9 cm³/mol. The Bertz CT molecular complexity index is 172. The molecular formula is C7H11F3O2. The average Bonchev–Trinajstić information content (AvgIpc) is 1.97. The summed E-state index contributed by atoms with van der Waals surface area (Å²) in [6, 6.07) is 0. The summed E-state index contributed by atoms with van der Waals surface area (Å²) >= 11 is 0. The van der Waals surface area contributed by atoms with E-state index in [2.05, 4.69) is 4.74 Å². The molecule has 0 saturated heterocycles. The van der Waals surface area contributed by atoms with Crippen LogP contribution in [0.1, 0.15) is 13.8 Å². The highest BCUT2D eigenvalue weighted by molar-refractivity contribution is 5.10. The van der Waals surface area contributed by atoms with Gasteiger partial charge in [-0.15, -0.1) is 0 Å². The fourth-order valence-corrected chi connectivity index (χ4v) is 0.471. The number of hydrogen-bond acceptors (Lipinski definition) is 2. The SMILES string of the molecule is CCOCC(O)=C(C)C(F)(F)F. The summed E-state index contributed by atoms with van der Waals surface area (Å²) in [5.74, 6) is -0.760. The second-order valence-corrected chi connectivity index (χ2v) is 2.21. The van der Waals surface area contributed by atoms with Gasteiger partial charge in [0.2, 0.25) is 0 Å². The predicted octanol–water partition coefficient (Wildman–Crippen LogP) is 2.42. The molecule has 0 atom stereocenters. The van der Waals surface area contributed by atoms with Gasteiger partial charge in [0.1, 0.15) is 12.4 Å². The van der Waals surface area contributed by atoms with Crippen LogP contribution in [0.2, 0.25) is 0 Å². The molecule has 0 spiro atoms. The van der Waals surface area contributed by atoms with Gasteiger partial charge in [-0.25, -0.2) is 0 Å².